The molecule has 0 bridgehead atoms. The average molecular weight is 432 g/mol. The Morgan fingerprint density at radius 1 is 0.862 bits per heavy atom. The molecule has 1 N–H and O–H groups in total. The Labute approximate surface area is 219 Å². The minimum absolute atomic E-state index is 0. The van der Waals surface area contributed by atoms with Crippen LogP contribution in [0.4, 0.5) is 9.59 Å². The molecule has 0 rings (SSSR count). The van der Waals surface area contributed by atoms with E-state index in [9.17, 15) is 24.6 Å². The van der Waals surface area contributed by atoms with Crippen LogP contribution in [0.25, 0.3) is 0 Å². The largest absolute Gasteiger partial charge is 1.00 e. The van der Waals surface area contributed by atoms with Crippen LogP contribution in [0.2, 0.25) is 0 Å². The first kappa shape index (κ1) is 33.8. The molecule has 0 aromatic carbocycles. The first-order valence-electron chi connectivity index (χ1n) is 9.94. The van der Waals surface area contributed by atoms with E-state index in [1.807, 2.05) is 0 Å². The predicted octanol–water partition coefficient (Wildman–Crippen LogP) is -4.89. The van der Waals surface area contributed by atoms with Crippen molar-refractivity contribution in [1.29, 1.82) is 0 Å². The summed E-state index contributed by atoms with van der Waals surface area (Å²) < 4.78 is 0. The van der Waals surface area contributed by atoms with Crippen LogP contribution in [0.3, 0.4) is 0 Å². The first-order valence-corrected chi connectivity index (χ1v) is 9.94. The minimum Gasteiger partial charge on any atom is -0.530 e. The predicted molar refractivity (Wildman–Crippen MR) is 97.6 cm³/mol. The number of carbonyl (C=O) groups excluding carboxylic acids is 3. The van der Waals surface area contributed by atoms with Gasteiger partial charge in [0.1, 0.15) is 12.2 Å². The molecule has 0 fully saturated rings. The molecule has 0 aliphatic heterocycles. The van der Waals surface area contributed by atoms with E-state index in [2.05, 4.69) is 6.92 Å². The zero-order valence-corrected chi connectivity index (χ0v) is 22.7. The molecular weight excluding hydrogens is 398 g/mol. The molecule has 0 aliphatic carbocycles. The number of aliphatic hydroxyl groups is 1. The number of unbranched alkanes of at least 4 members (excludes halogenated alkanes) is 8. The van der Waals surface area contributed by atoms with Crippen molar-refractivity contribution < 1.29 is 88.8 Å². The summed E-state index contributed by atoms with van der Waals surface area (Å²) in [5, 5.41) is 30.8. The molecule has 1 atom stereocenters. The summed E-state index contributed by atoms with van der Waals surface area (Å²) in [4.78, 5) is 35.4. The Morgan fingerprint density at radius 3 is 1.72 bits per heavy atom. The average Bonchev–Trinajstić information content (AvgIpc) is 2.61. The van der Waals surface area contributed by atoms with Crippen LogP contribution in [-0.2, 0) is 4.79 Å². The smallest absolute Gasteiger partial charge is 0.530 e. The van der Waals surface area contributed by atoms with E-state index in [1.54, 1.807) is 0 Å². The monoisotopic (exact) mass is 432 g/mol. The van der Waals surface area contributed by atoms with Gasteiger partial charge in [0.05, 0.1) is 6.61 Å². The number of aliphatic hydroxyl groups excluding tert-OH is 1. The fourth-order valence-electron chi connectivity index (χ4n) is 3.02. The van der Waals surface area contributed by atoms with Crippen LogP contribution in [0.15, 0.2) is 0 Å². The second-order valence-corrected chi connectivity index (χ2v) is 6.88. The van der Waals surface area contributed by atoms with Gasteiger partial charge in [0, 0.05) is 25.6 Å². The maximum atomic E-state index is 12.4. The molecule has 0 heterocycles. The molecule has 10 heteroatoms. The summed E-state index contributed by atoms with van der Waals surface area (Å²) in [5.41, 5.74) is 0. The van der Waals surface area contributed by atoms with Crippen LogP contribution in [0.5, 0.6) is 0 Å². The molecule has 0 radical (unpaired) electrons. The van der Waals surface area contributed by atoms with Crippen LogP contribution in [0, 0.1) is 0 Å². The zero-order valence-electron chi connectivity index (χ0n) is 18.7. The standard InChI is InChI=1S/C19H36N2O6.2Na/c1-3-4-5-6-7-8-9-10-11-12-17(23)20(13-14-22)16(2)15-21(18(24)25)19(26)27;;/h16,22H,3-15H2,1-2H3,(H,24,25)(H,26,27);;/q;2*+1/p-2. The van der Waals surface area contributed by atoms with Crippen molar-refractivity contribution in [3.05, 3.63) is 0 Å². The Morgan fingerprint density at radius 2 is 1.31 bits per heavy atom. The van der Waals surface area contributed by atoms with Gasteiger partial charge >= 0.3 is 59.1 Å². The molecular formula is C19H34N2Na2O6. The summed E-state index contributed by atoms with van der Waals surface area (Å²) in [6, 6.07) is -0.709. The summed E-state index contributed by atoms with van der Waals surface area (Å²) in [7, 11) is 0. The van der Waals surface area contributed by atoms with Crippen LogP contribution in [-0.4, -0.2) is 58.7 Å². The van der Waals surface area contributed by atoms with E-state index in [0.29, 0.717) is 6.42 Å². The van der Waals surface area contributed by atoms with Crippen molar-refractivity contribution in [2.24, 2.45) is 0 Å². The van der Waals surface area contributed by atoms with E-state index in [4.69, 9.17) is 5.11 Å². The molecule has 0 saturated carbocycles. The molecule has 158 valence electrons. The normalized spacial score (nSPS) is 11.0. The van der Waals surface area contributed by atoms with Gasteiger partial charge in [0.2, 0.25) is 5.91 Å². The number of nitrogens with zero attached hydrogens (tertiary/aromatic N) is 2. The van der Waals surface area contributed by atoms with E-state index in [0.717, 1.165) is 19.3 Å². The number of carbonyl (C=O) groups is 3. The fraction of sp³-hybridized carbons (Fsp3) is 0.842. The quantitative estimate of drug-likeness (QED) is 0.204. The van der Waals surface area contributed by atoms with Crippen molar-refractivity contribution in [1.82, 2.24) is 9.80 Å². The number of hydrogen-bond acceptors (Lipinski definition) is 6. The van der Waals surface area contributed by atoms with Crippen molar-refractivity contribution in [2.45, 2.75) is 84.1 Å². The number of carboxylic acid groups (broad SMARTS) is 2. The fourth-order valence-corrected chi connectivity index (χ4v) is 3.02. The Hall–Kier alpha value is 0.170. The van der Waals surface area contributed by atoms with Gasteiger partial charge in [-0.25, -0.2) is 0 Å². The summed E-state index contributed by atoms with van der Waals surface area (Å²) in [5.74, 6) is -0.226. The van der Waals surface area contributed by atoms with Gasteiger partial charge < -0.3 is 34.7 Å². The second kappa shape index (κ2) is 21.4. The number of rotatable bonds is 15. The summed E-state index contributed by atoms with van der Waals surface area (Å²) in [6.07, 6.45) is 6.63. The second-order valence-electron chi connectivity index (χ2n) is 6.88. The van der Waals surface area contributed by atoms with E-state index >= 15 is 0 Å². The molecule has 0 aliphatic rings. The molecule has 0 aromatic rings. The Kier molecular flexibility index (Phi) is 24.9. The van der Waals surface area contributed by atoms with Crippen molar-refractivity contribution in [3.63, 3.8) is 0 Å². The van der Waals surface area contributed by atoms with E-state index < -0.39 is 24.8 Å². The van der Waals surface area contributed by atoms with Crippen molar-refractivity contribution in [2.75, 3.05) is 19.7 Å². The van der Waals surface area contributed by atoms with E-state index in [-0.39, 0.29) is 89.5 Å². The van der Waals surface area contributed by atoms with Crippen molar-refractivity contribution in [3.8, 4) is 0 Å². The number of imide groups is 1. The van der Waals surface area contributed by atoms with Gasteiger partial charge in [0.15, 0.2) is 0 Å². The first-order chi connectivity index (χ1) is 12.8. The minimum atomic E-state index is -1.89. The molecule has 8 nitrogen and oxygen atoms in total. The SMILES string of the molecule is CCCCCCCCCCCC(=O)N(CCO)C(C)CN(C(=O)[O-])C(=O)[O-].[Na+].[Na+]. The third-order valence-corrected chi connectivity index (χ3v) is 4.58. The third-order valence-electron chi connectivity index (χ3n) is 4.58. The number of amides is 3. The molecule has 1 unspecified atom stereocenters. The van der Waals surface area contributed by atoms with Gasteiger partial charge in [-0.2, -0.15) is 0 Å². The van der Waals surface area contributed by atoms with E-state index in [1.165, 1.54) is 43.9 Å². The Bertz CT molecular complexity index is 440. The zero-order chi connectivity index (χ0) is 20.7. The molecule has 0 spiro atoms. The molecule has 0 saturated heterocycles. The topological polar surface area (TPSA) is 124 Å². The molecule has 3 amide bonds. The molecule has 29 heavy (non-hydrogen) atoms. The summed E-state index contributed by atoms with van der Waals surface area (Å²) >= 11 is 0. The number of hydrogen-bond donors (Lipinski definition) is 1. The molecule has 0 aromatic heterocycles. The van der Waals surface area contributed by atoms with Gasteiger partial charge in [-0.3, -0.25) is 4.79 Å². The van der Waals surface area contributed by atoms with Crippen molar-refractivity contribution >= 4 is 18.1 Å². The van der Waals surface area contributed by atoms with Crippen LogP contribution < -0.4 is 69.3 Å². The summed E-state index contributed by atoms with van der Waals surface area (Å²) in [6.45, 7) is 2.99. The van der Waals surface area contributed by atoms with Gasteiger partial charge in [-0.05, 0) is 13.3 Å². The maximum Gasteiger partial charge on any atom is 1.00 e. The van der Waals surface area contributed by atoms with Crippen LogP contribution in [0.1, 0.15) is 78.1 Å². The van der Waals surface area contributed by atoms with Gasteiger partial charge in [0.25, 0.3) is 0 Å². The van der Waals surface area contributed by atoms with Gasteiger partial charge in [-0.15, -0.1) is 0 Å². The third kappa shape index (κ3) is 16.5. The Balaban J connectivity index is -0.00000338. The van der Waals surface area contributed by atoms with Gasteiger partial charge in [-0.1, -0.05) is 58.3 Å². The van der Waals surface area contributed by atoms with Crippen LogP contribution >= 0.6 is 0 Å². The maximum absolute atomic E-state index is 12.4.